The highest BCUT2D eigenvalue weighted by atomic mass is 32.2. The average Bonchev–Trinajstić information content (AvgIpc) is 3.53. The van der Waals surface area contributed by atoms with Crippen LogP contribution in [0.25, 0.3) is 10.1 Å². The molecule has 4 aromatic rings. The molecule has 0 saturated carbocycles. The second kappa shape index (κ2) is 9.42. The molecule has 6 nitrogen and oxygen atoms in total. The van der Waals surface area contributed by atoms with Gasteiger partial charge in [0.2, 0.25) is 9.84 Å². The molecule has 1 unspecified atom stereocenters. The highest BCUT2D eigenvalue weighted by Gasteiger charge is 2.22. The summed E-state index contributed by atoms with van der Waals surface area (Å²) in [5, 5.41) is 14.6. The Hall–Kier alpha value is -2.85. The number of aromatic nitrogens is 1. The van der Waals surface area contributed by atoms with E-state index in [-0.39, 0.29) is 9.79 Å². The van der Waals surface area contributed by atoms with Crippen molar-refractivity contribution >= 4 is 36.9 Å². The maximum absolute atomic E-state index is 14.2. The summed E-state index contributed by atoms with van der Waals surface area (Å²) in [7, 11) is -3.86. The van der Waals surface area contributed by atoms with E-state index in [9.17, 15) is 17.9 Å². The number of hydrogen-bond acceptors (Lipinski definition) is 7. The number of aliphatic hydroxyl groups excluding tert-OH is 1. The summed E-state index contributed by atoms with van der Waals surface area (Å²) < 4.78 is 41.6. The lowest BCUT2D eigenvalue weighted by Crippen LogP contribution is -2.19. The van der Waals surface area contributed by atoms with Gasteiger partial charge in [0.25, 0.3) is 0 Å². The summed E-state index contributed by atoms with van der Waals surface area (Å²) in [6.45, 7) is 1.96. The third kappa shape index (κ3) is 4.69. The lowest BCUT2D eigenvalue weighted by Gasteiger charge is -2.18. The van der Waals surface area contributed by atoms with Crippen molar-refractivity contribution in [3.8, 4) is 0 Å². The molecule has 34 heavy (non-hydrogen) atoms. The van der Waals surface area contributed by atoms with E-state index in [0.717, 1.165) is 52.5 Å². The topological polar surface area (TPSA) is 82.5 Å². The normalized spacial score (nSPS) is 15.2. The summed E-state index contributed by atoms with van der Waals surface area (Å²) in [4.78, 5) is 6.94. The first-order chi connectivity index (χ1) is 16.4. The number of benzene rings is 2. The molecule has 5 rings (SSSR count). The predicted molar refractivity (Wildman–Crippen MR) is 131 cm³/mol. The van der Waals surface area contributed by atoms with Crippen molar-refractivity contribution in [1.29, 1.82) is 0 Å². The fourth-order valence-corrected chi connectivity index (χ4v) is 6.44. The highest BCUT2D eigenvalue weighted by Crippen LogP contribution is 2.30. The number of thiophene rings is 1. The van der Waals surface area contributed by atoms with Crippen LogP contribution in [0.15, 0.2) is 76.8 Å². The predicted octanol–water partition coefficient (Wildman–Crippen LogP) is 4.65. The molecule has 2 N–H and O–H groups in total. The standard InChI is InChI=1S/C25H24FN3O3S2/c26-19-12-20(29-9-1-2-10-29)14-22(13-19)34(31,32)21-5-3-17(4-6-21)15-28-25(30)23-11-18-7-8-27-16-24(18)33-23/h3-8,11-14,16,25,28,30H,1-2,9-10,15H2. The molecule has 1 atom stereocenters. The number of nitrogens with zero attached hydrogens (tertiary/aromatic N) is 2. The van der Waals surface area contributed by atoms with Crippen LogP contribution >= 0.6 is 11.3 Å². The first-order valence-electron chi connectivity index (χ1n) is 11.0. The number of sulfone groups is 1. The smallest absolute Gasteiger partial charge is 0.206 e. The maximum atomic E-state index is 14.2. The summed E-state index contributed by atoms with van der Waals surface area (Å²) in [6, 6.07) is 14.3. The second-order valence-corrected chi connectivity index (χ2v) is 11.4. The van der Waals surface area contributed by atoms with E-state index < -0.39 is 21.9 Å². The second-order valence-electron chi connectivity index (χ2n) is 8.33. The van der Waals surface area contributed by atoms with Gasteiger partial charge in [-0.3, -0.25) is 10.3 Å². The number of anilines is 1. The van der Waals surface area contributed by atoms with Gasteiger partial charge in [0.05, 0.1) is 14.5 Å². The van der Waals surface area contributed by atoms with Gasteiger partial charge in [-0.15, -0.1) is 11.3 Å². The first-order valence-corrected chi connectivity index (χ1v) is 13.3. The molecule has 1 aliphatic heterocycles. The molecule has 0 amide bonds. The average molecular weight is 498 g/mol. The zero-order chi connectivity index (χ0) is 23.7. The quantitative estimate of drug-likeness (QED) is 0.362. The number of pyridine rings is 1. The van der Waals surface area contributed by atoms with Crippen LogP contribution in [0.3, 0.4) is 0 Å². The molecule has 0 spiro atoms. The summed E-state index contributed by atoms with van der Waals surface area (Å²) >= 11 is 1.47. The van der Waals surface area contributed by atoms with E-state index >= 15 is 0 Å². The molecule has 3 heterocycles. The number of halogens is 1. The van der Waals surface area contributed by atoms with Crippen molar-refractivity contribution in [2.24, 2.45) is 0 Å². The Labute approximate surface area is 201 Å². The Morgan fingerprint density at radius 1 is 1.06 bits per heavy atom. The SMILES string of the molecule is O=S(=O)(c1ccc(CNC(O)c2cc3ccncc3s2)cc1)c1cc(F)cc(N2CCCC2)c1. The van der Waals surface area contributed by atoms with Crippen molar-refractivity contribution in [1.82, 2.24) is 10.3 Å². The minimum Gasteiger partial charge on any atom is -0.373 e. The Bertz CT molecular complexity index is 1380. The van der Waals surface area contributed by atoms with E-state index in [1.807, 2.05) is 17.0 Å². The van der Waals surface area contributed by atoms with E-state index in [2.05, 4.69) is 10.3 Å². The number of fused-ring (bicyclic) bond motifs is 1. The molecular formula is C25H24FN3O3S2. The van der Waals surface area contributed by atoms with Gasteiger partial charge in [-0.1, -0.05) is 12.1 Å². The van der Waals surface area contributed by atoms with Crippen LogP contribution in [0, 0.1) is 5.82 Å². The zero-order valence-corrected chi connectivity index (χ0v) is 19.9. The van der Waals surface area contributed by atoms with Crippen LogP contribution in [0.1, 0.15) is 29.5 Å². The van der Waals surface area contributed by atoms with E-state index in [0.29, 0.717) is 12.2 Å². The summed E-state index contributed by atoms with van der Waals surface area (Å²) in [5.41, 5.74) is 1.42. The Kier molecular flexibility index (Phi) is 6.35. The molecule has 0 radical (unpaired) electrons. The van der Waals surface area contributed by atoms with Crippen molar-refractivity contribution in [2.75, 3.05) is 18.0 Å². The molecule has 1 saturated heterocycles. The minimum absolute atomic E-state index is 0.0463. The fourth-order valence-electron chi connectivity index (χ4n) is 4.14. The molecule has 1 aliphatic rings. The van der Waals surface area contributed by atoms with E-state index in [1.165, 1.54) is 29.5 Å². The first kappa shape index (κ1) is 22.9. The van der Waals surface area contributed by atoms with Crippen LogP contribution in [-0.2, 0) is 16.4 Å². The van der Waals surface area contributed by atoms with Crippen LogP contribution in [0.4, 0.5) is 10.1 Å². The lowest BCUT2D eigenvalue weighted by atomic mass is 10.2. The molecular weight excluding hydrogens is 473 g/mol. The minimum atomic E-state index is -3.86. The van der Waals surface area contributed by atoms with Gasteiger partial charge in [0, 0.05) is 42.6 Å². The van der Waals surface area contributed by atoms with Crippen LogP contribution in [0.2, 0.25) is 0 Å². The number of rotatable bonds is 7. The van der Waals surface area contributed by atoms with E-state index in [4.69, 9.17) is 0 Å². The third-order valence-electron chi connectivity index (χ3n) is 5.98. The monoisotopic (exact) mass is 497 g/mol. The third-order valence-corrected chi connectivity index (χ3v) is 8.87. The Morgan fingerprint density at radius 3 is 2.56 bits per heavy atom. The van der Waals surface area contributed by atoms with Crippen molar-refractivity contribution in [3.63, 3.8) is 0 Å². The summed E-state index contributed by atoms with van der Waals surface area (Å²) in [6.07, 6.45) is 4.66. The van der Waals surface area contributed by atoms with Gasteiger partial charge in [-0.05, 0) is 66.3 Å². The van der Waals surface area contributed by atoms with Crippen molar-refractivity contribution in [3.05, 3.63) is 83.2 Å². The molecule has 9 heteroatoms. The molecule has 2 aromatic heterocycles. The van der Waals surface area contributed by atoms with Crippen LogP contribution < -0.4 is 10.2 Å². The zero-order valence-electron chi connectivity index (χ0n) is 18.3. The van der Waals surface area contributed by atoms with Gasteiger partial charge < -0.3 is 10.0 Å². The number of aliphatic hydroxyl groups is 1. The highest BCUT2D eigenvalue weighted by molar-refractivity contribution is 7.91. The molecule has 2 aromatic carbocycles. The Morgan fingerprint density at radius 2 is 1.82 bits per heavy atom. The van der Waals surface area contributed by atoms with Gasteiger partial charge in [-0.2, -0.15) is 0 Å². The van der Waals surface area contributed by atoms with Gasteiger partial charge >= 0.3 is 0 Å². The molecule has 0 aliphatic carbocycles. The van der Waals surface area contributed by atoms with Crippen LogP contribution in [0.5, 0.6) is 0 Å². The number of hydrogen-bond donors (Lipinski definition) is 2. The van der Waals surface area contributed by atoms with Gasteiger partial charge in [-0.25, -0.2) is 12.8 Å². The van der Waals surface area contributed by atoms with Crippen molar-refractivity contribution < 1.29 is 17.9 Å². The van der Waals surface area contributed by atoms with Gasteiger partial charge in [0.1, 0.15) is 12.0 Å². The maximum Gasteiger partial charge on any atom is 0.206 e. The van der Waals surface area contributed by atoms with Crippen LogP contribution in [-0.4, -0.2) is 31.6 Å². The fraction of sp³-hybridized carbons (Fsp3) is 0.240. The largest absolute Gasteiger partial charge is 0.373 e. The van der Waals surface area contributed by atoms with Gasteiger partial charge in [0.15, 0.2) is 0 Å². The molecule has 0 bridgehead atoms. The van der Waals surface area contributed by atoms with E-state index in [1.54, 1.807) is 30.6 Å². The molecule has 176 valence electrons. The Balaban J connectivity index is 1.29. The van der Waals surface area contributed by atoms with Crippen molar-refractivity contribution in [2.45, 2.75) is 35.4 Å². The summed E-state index contributed by atoms with van der Waals surface area (Å²) in [5.74, 6) is -0.560. The lowest BCUT2D eigenvalue weighted by molar-refractivity contribution is 0.141. The number of nitrogens with one attached hydrogen (secondary N) is 1. The molecule has 1 fully saturated rings.